The highest BCUT2D eigenvalue weighted by molar-refractivity contribution is 5.85. The van der Waals surface area contributed by atoms with Crippen LogP contribution in [-0.2, 0) is 9.59 Å². The number of carbonyl (C=O) groups excluding carboxylic acids is 2. The Balaban J connectivity index is 0.00000242. The van der Waals surface area contributed by atoms with Crippen molar-refractivity contribution in [3.63, 3.8) is 0 Å². The van der Waals surface area contributed by atoms with Crippen molar-refractivity contribution in [3.8, 4) is 0 Å². The molecule has 2 N–H and O–H groups in total. The molecule has 0 bridgehead atoms. The lowest BCUT2D eigenvalue weighted by Crippen LogP contribution is -2.54. The van der Waals surface area contributed by atoms with Gasteiger partial charge in [0, 0.05) is 32.2 Å². The monoisotopic (exact) mass is 368 g/mol. The van der Waals surface area contributed by atoms with Gasteiger partial charge in [-0.15, -0.1) is 24.8 Å². The van der Waals surface area contributed by atoms with Gasteiger partial charge in [-0.3, -0.25) is 14.5 Å². The maximum absolute atomic E-state index is 12.2. The van der Waals surface area contributed by atoms with Crippen LogP contribution in [0, 0.1) is 5.92 Å². The SMILES string of the molecule is CC(N)C(C)C(=O)N1CCN(C(=O)CN2CCCC2)CC1.Cl.Cl. The van der Waals surface area contributed by atoms with E-state index in [9.17, 15) is 9.59 Å². The third kappa shape index (κ3) is 6.10. The quantitative estimate of drug-likeness (QED) is 0.787. The fraction of sp³-hybridized carbons (Fsp3) is 0.867. The van der Waals surface area contributed by atoms with Crippen molar-refractivity contribution in [2.45, 2.75) is 32.7 Å². The van der Waals surface area contributed by atoms with Crippen LogP contribution in [-0.4, -0.2) is 78.4 Å². The summed E-state index contributed by atoms with van der Waals surface area (Å²) in [5, 5.41) is 0. The molecule has 0 aromatic carbocycles. The van der Waals surface area contributed by atoms with Crippen LogP contribution < -0.4 is 5.73 Å². The summed E-state index contributed by atoms with van der Waals surface area (Å²) in [5.41, 5.74) is 5.79. The number of carbonyl (C=O) groups is 2. The van der Waals surface area contributed by atoms with E-state index in [1.165, 1.54) is 12.8 Å². The van der Waals surface area contributed by atoms with E-state index in [1.807, 2.05) is 23.6 Å². The number of nitrogens with zero attached hydrogens (tertiary/aromatic N) is 3. The van der Waals surface area contributed by atoms with E-state index >= 15 is 0 Å². The highest BCUT2D eigenvalue weighted by atomic mass is 35.5. The van der Waals surface area contributed by atoms with E-state index < -0.39 is 0 Å². The van der Waals surface area contributed by atoms with E-state index in [-0.39, 0.29) is 48.6 Å². The van der Waals surface area contributed by atoms with Gasteiger partial charge in [0.1, 0.15) is 0 Å². The molecule has 136 valence electrons. The Labute approximate surface area is 151 Å². The van der Waals surface area contributed by atoms with Crippen molar-refractivity contribution in [3.05, 3.63) is 0 Å². The van der Waals surface area contributed by atoms with Gasteiger partial charge in [-0.2, -0.15) is 0 Å². The predicted molar refractivity (Wildman–Crippen MR) is 96.1 cm³/mol. The number of hydrogen-bond donors (Lipinski definition) is 1. The van der Waals surface area contributed by atoms with Crippen LogP contribution in [0.4, 0.5) is 0 Å². The van der Waals surface area contributed by atoms with Gasteiger partial charge in [0.25, 0.3) is 0 Å². The second-order valence-electron chi connectivity index (χ2n) is 6.34. The predicted octanol–water partition coefficient (Wildman–Crippen LogP) is 0.580. The van der Waals surface area contributed by atoms with Crippen LogP contribution in [0.3, 0.4) is 0 Å². The number of piperazine rings is 1. The summed E-state index contributed by atoms with van der Waals surface area (Å²) in [5.74, 6) is 0.151. The fourth-order valence-electron chi connectivity index (χ4n) is 2.92. The topological polar surface area (TPSA) is 69.9 Å². The molecule has 2 unspecified atom stereocenters. The summed E-state index contributed by atoms with van der Waals surface area (Å²) in [4.78, 5) is 30.4. The maximum atomic E-state index is 12.2. The molecule has 23 heavy (non-hydrogen) atoms. The average Bonchev–Trinajstić information content (AvgIpc) is 2.98. The molecule has 0 aromatic rings. The Morgan fingerprint density at radius 1 is 0.913 bits per heavy atom. The Kier molecular flexibility index (Phi) is 10.1. The minimum Gasteiger partial charge on any atom is -0.339 e. The number of likely N-dealkylation sites (tertiary alicyclic amines) is 1. The van der Waals surface area contributed by atoms with Crippen molar-refractivity contribution >= 4 is 36.6 Å². The molecule has 2 saturated heterocycles. The first kappa shape index (κ1) is 22.4. The second-order valence-corrected chi connectivity index (χ2v) is 6.34. The Hall–Kier alpha value is -0.560. The standard InChI is InChI=1S/C15H28N4O2.2ClH/c1-12(13(2)16)15(21)19-9-7-18(8-10-19)14(20)11-17-5-3-4-6-17;;/h12-13H,3-11,16H2,1-2H3;2*1H. The number of rotatable bonds is 4. The lowest BCUT2D eigenvalue weighted by Gasteiger charge is -2.37. The lowest BCUT2D eigenvalue weighted by atomic mass is 10.0. The molecule has 8 heteroatoms. The zero-order valence-corrected chi connectivity index (χ0v) is 15.7. The van der Waals surface area contributed by atoms with E-state index in [4.69, 9.17) is 5.73 Å². The molecule has 0 aromatic heterocycles. The summed E-state index contributed by atoms with van der Waals surface area (Å²) in [7, 11) is 0. The molecule has 2 fully saturated rings. The maximum Gasteiger partial charge on any atom is 0.236 e. The fourth-order valence-corrected chi connectivity index (χ4v) is 2.92. The second kappa shape index (κ2) is 10.3. The molecule has 2 aliphatic rings. The van der Waals surface area contributed by atoms with Crippen LogP contribution in [0.25, 0.3) is 0 Å². The van der Waals surface area contributed by atoms with Crippen molar-refractivity contribution in [2.75, 3.05) is 45.8 Å². The summed E-state index contributed by atoms with van der Waals surface area (Å²) in [6.45, 7) is 8.88. The highest BCUT2D eigenvalue weighted by Crippen LogP contribution is 2.11. The average molecular weight is 369 g/mol. The molecule has 0 saturated carbocycles. The van der Waals surface area contributed by atoms with Crippen LogP contribution in [0.15, 0.2) is 0 Å². The molecule has 2 heterocycles. The number of halogens is 2. The minimum atomic E-state index is -0.156. The van der Waals surface area contributed by atoms with Crippen LogP contribution in [0.1, 0.15) is 26.7 Å². The summed E-state index contributed by atoms with van der Waals surface area (Å²) >= 11 is 0. The van der Waals surface area contributed by atoms with Crippen LogP contribution in [0.2, 0.25) is 0 Å². The summed E-state index contributed by atoms with van der Waals surface area (Å²) < 4.78 is 0. The van der Waals surface area contributed by atoms with Gasteiger partial charge in [-0.1, -0.05) is 6.92 Å². The largest absolute Gasteiger partial charge is 0.339 e. The van der Waals surface area contributed by atoms with Gasteiger partial charge < -0.3 is 15.5 Å². The molecule has 2 rings (SSSR count). The zero-order valence-electron chi connectivity index (χ0n) is 14.1. The van der Waals surface area contributed by atoms with Crippen molar-refractivity contribution < 1.29 is 9.59 Å². The van der Waals surface area contributed by atoms with Gasteiger partial charge in [-0.05, 0) is 32.9 Å². The summed E-state index contributed by atoms with van der Waals surface area (Å²) in [6, 6.07) is -0.132. The van der Waals surface area contributed by atoms with Crippen molar-refractivity contribution in [2.24, 2.45) is 11.7 Å². The smallest absolute Gasteiger partial charge is 0.236 e. The first-order valence-electron chi connectivity index (χ1n) is 8.03. The Bertz CT molecular complexity index is 382. The van der Waals surface area contributed by atoms with E-state index in [1.54, 1.807) is 0 Å². The molecule has 0 radical (unpaired) electrons. The molecule has 2 amide bonds. The first-order chi connectivity index (χ1) is 9.99. The molecular formula is C15H30Cl2N4O2. The van der Waals surface area contributed by atoms with Gasteiger partial charge in [0.05, 0.1) is 12.5 Å². The molecular weight excluding hydrogens is 339 g/mol. The van der Waals surface area contributed by atoms with E-state index in [0.29, 0.717) is 32.7 Å². The normalized spacial score (nSPS) is 21.2. The van der Waals surface area contributed by atoms with Gasteiger partial charge >= 0.3 is 0 Å². The minimum absolute atomic E-state index is 0. The molecule has 2 aliphatic heterocycles. The van der Waals surface area contributed by atoms with E-state index in [0.717, 1.165) is 13.1 Å². The molecule has 6 nitrogen and oxygen atoms in total. The van der Waals surface area contributed by atoms with Crippen LogP contribution in [0.5, 0.6) is 0 Å². The number of amides is 2. The summed E-state index contributed by atoms with van der Waals surface area (Å²) in [6.07, 6.45) is 2.40. The van der Waals surface area contributed by atoms with Crippen LogP contribution >= 0.6 is 24.8 Å². The highest BCUT2D eigenvalue weighted by Gasteiger charge is 2.28. The third-order valence-electron chi connectivity index (χ3n) is 4.68. The molecule has 2 atom stereocenters. The van der Waals surface area contributed by atoms with Gasteiger partial charge in [0.2, 0.25) is 11.8 Å². The van der Waals surface area contributed by atoms with Crippen molar-refractivity contribution in [1.82, 2.24) is 14.7 Å². The molecule has 0 aliphatic carbocycles. The Morgan fingerprint density at radius 3 is 1.87 bits per heavy atom. The van der Waals surface area contributed by atoms with Gasteiger partial charge in [-0.25, -0.2) is 0 Å². The van der Waals surface area contributed by atoms with Crippen molar-refractivity contribution in [1.29, 1.82) is 0 Å². The van der Waals surface area contributed by atoms with E-state index in [2.05, 4.69) is 4.90 Å². The molecule has 0 spiro atoms. The lowest BCUT2D eigenvalue weighted by molar-refractivity contribution is -0.142. The third-order valence-corrected chi connectivity index (χ3v) is 4.68. The number of hydrogen-bond acceptors (Lipinski definition) is 4. The zero-order chi connectivity index (χ0) is 15.4. The number of nitrogens with two attached hydrogens (primary N) is 1. The first-order valence-corrected chi connectivity index (χ1v) is 8.03. The Morgan fingerprint density at radius 2 is 1.39 bits per heavy atom. The van der Waals surface area contributed by atoms with Gasteiger partial charge in [0.15, 0.2) is 0 Å².